The standard InChI is InChI=1S/C30H25N3O5S2/c1-3-38-20-12-15-24-25(16-20)40-30(32-24)33-27(34)17(2)39-21-13-10-19(11-14-21)31-28(35)22-8-4-6-18-7-5-9-23(26(18)22)29(36)37/h4-17H,3H2,1-2H3,(H,31,35)(H,36,37)(H,32,33,34). The quantitative estimate of drug-likeness (QED) is 0.164. The van der Waals surface area contributed by atoms with Gasteiger partial charge in [0.2, 0.25) is 5.91 Å². The molecule has 0 spiro atoms. The molecule has 202 valence electrons. The second-order valence-electron chi connectivity index (χ2n) is 8.82. The predicted octanol–water partition coefficient (Wildman–Crippen LogP) is 6.92. The van der Waals surface area contributed by atoms with Crippen LogP contribution in [0.2, 0.25) is 0 Å². The molecule has 0 saturated carbocycles. The van der Waals surface area contributed by atoms with Gasteiger partial charge in [0.1, 0.15) is 5.75 Å². The van der Waals surface area contributed by atoms with Gasteiger partial charge in [-0.15, -0.1) is 11.8 Å². The molecule has 0 aliphatic carbocycles. The third-order valence-electron chi connectivity index (χ3n) is 6.08. The number of nitrogens with zero attached hydrogens (tertiary/aromatic N) is 1. The number of carboxylic acid groups (broad SMARTS) is 1. The fraction of sp³-hybridized carbons (Fsp3) is 0.133. The number of aromatic carboxylic acids is 1. The maximum atomic E-state index is 13.1. The maximum absolute atomic E-state index is 13.1. The Hall–Kier alpha value is -4.41. The van der Waals surface area contributed by atoms with Crippen molar-refractivity contribution in [3.63, 3.8) is 0 Å². The van der Waals surface area contributed by atoms with Crippen molar-refractivity contribution in [3.8, 4) is 5.75 Å². The number of carbonyl (C=O) groups excluding carboxylic acids is 2. The number of rotatable bonds is 9. The van der Waals surface area contributed by atoms with E-state index in [1.165, 1.54) is 29.2 Å². The first kappa shape index (κ1) is 27.2. The second kappa shape index (κ2) is 11.8. The molecule has 3 N–H and O–H groups in total. The fourth-order valence-corrected chi connectivity index (χ4v) is 5.97. The van der Waals surface area contributed by atoms with Crippen LogP contribution in [-0.4, -0.2) is 39.7 Å². The van der Waals surface area contributed by atoms with Crippen molar-refractivity contribution in [2.24, 2.45) is 0 Å². The summed E-state index contributed by atoms with van der Waals surface area (Å²) in [6.45, 7) is 4.32. The van der Waals surface area contributed by atoms with Gasteiger partial charge < -0.3 is 20.5 Å². The Balaban J connectivity index is 1.23. The molecule has 0 fully saturated rings. The summed E-state index contributed by atoms with van der Waals surface area (Å²) in [5.41, 5.74) is 1.70. The number of aromatic nitrogens is 1. The smallest absolute Gasteiger partial charge is 0.336 e. The van der Waals surface area contributed by atoms with Gasteiger partial charge in [-0.05, 0) is 73.8 Å². The molecule has 5 aromatic rings. The minimum atomic E-state index is -1.09. The summed E-state index contributed by atoms with van der Waals surface area (Å²) in [5, 5.41) is 16.5. The highest BCUT2D eigenvalue weighted by molar-refractivity contribution is 8.00. The van der Waals surface area contributed by atoms with Gasteiger partial charge in [-0.1, -0.05) is 35.6 Å². The molecule has 0 aliphatic heterocycles. The van der Waals surface area contributed by atoms with E-state index < -0.39 is 17.1 Å². The average molecular weight is 572 g/mol. The summed E-state index contributed by atoms with van der Waals surface area (Å²) in [6, 6.07) is 22.8. The van der Waals surface area contributed by atoms with Crippen LogP contribution in [0.4, 0.5) is 10.8 Å². The number of nitrogens with one attached hydrogen (secondary N) is 2. The summed E-state index contributed by atoms with van der Waals surface area (Å²) in [6.07, 6.45) is 0. The number of carbonyl (C=O) groups is 3. The van der Waals surface area contributed by atoms with Crippen LogP contribution in [0.3, 0.4) is 0 Å². The number of benzene rings is 4. The number of fused-ring (bicyclic) bond motifs is 2. The van der Waals surface area contributed by atoms with Crippen molar-refractivity contribution < 1.29 is 24.2 Å². The van der Waals surface area contributed by atoms with E-state index in [9.17, 15) is 19.5 Å². The van der Waals surface area contributed by atoms with Crippen LogP contribution in [-0.2, 0) is 4.79 Å². The zero-order chi connectivity index (χ0) is 28.2. The van der Waals surface area contributed by atoms with Crippen LogP contribution in [0.25, 0.3) is 21.0 Å². The van der Waals surface area contributed by atoms with Crippen LogP contribution in [0.5, 0.6) is 5.75 Å². The Labute approximate surface area is 238 Å². The van der Waals surface area contributed by atoms with Gasteiger partial charge >= 0.3 is 5.97 Å². The van der Waals surface area contributed by atoms with E-state index in [4.69, 9.17) is 4.74 Å². The third-order valence-corrected chi connectivity index (χ3v) is 8.12. The van der Waals surface area contributed by atoms with Crippen LogP contribution < -0.4 is 15.4 Å². The SMILES string of the molecule is CCOc1ccc2nc(NC(=O)C(C)Sc3ccc(NC(=O)c4cccc5cccc(C(=O)O)c45)cc3)sc2c1. The Morgan fingerprint density at radius 1 is 0.975 bits per heavy atom. The van der Waals surface area contributed by atoms with Crippen molar-refractivity contribution in [2.75, 3.05) is 17.2 Å². The molecule has 8 nitrogen and oxygen atoms in total. The van der Waals surface area contributed by atoms with E-state index in [1.54, 1.807) is 42.5 Å². The van der Waals surface area contributed by atoms with E-state index in [0.717, 1.165) is 20.9 Å². The average Bonchev–Trinajstić information content (AvgIpc) is 3.35. The number of amides is 2. The van der Waals surface area contributed by atoms with Gasteiger partial charge in [0.05, 0.1) is 27.6 Å². The second-order valence-corrected chi connectivity index (χ2v) is 11.3. The number of hydrogen-bond acceptors (Lipinski definition) is 7. The van der Waals surface area contributed by atoms with E-state index in [2.05, 4.69) is 15.6 Å². The van der Waals surface area contributed by atoms with Gasteiger partial charge in [-0.3, -0.25) is 9.59 Å². The molecule has 10 heteroatoms. The Kier molecular flexibility index (Phi) is 7.99. The lowest BCUT2D eigenvalue weighted by Gasteiger charge is -2.12. The molecule has 4 aromatic carbocycles. The first-order valence-electron chi connectivity index (χ1n) is 12.5. The molecule has 0 radical (unpaired) electrons. The number of ether oxygens (including phenoxy) is 1. The highest BCUT2D eigenvalue weighted by atomic mass is 32.2. The zero-order valence-electron chi connectivity index (χ0n) is 21.6. The molecule has 1 unspecified atom stereocenters. The molecule has 1 aromatic heterocycles. The monoisotopic (exact) mass is 571 g/mol. The van der Waals surface area contributed by atoms with Gasteiger partial charge in [0.15, 0.2) is 5.13 Å². The molecule has 1 heterocycles. The highest BCUT2D eigenvalue weighted by Gasteiger charge is 2.18. The molecule has 40 heavy (non-hydrogen) atoms. The van der Waals surface area contributed by atoms with Crippen molar-refractivity contribution >= 4 is 72.7 Å². The number of carboxylic acids is 1. The molecule has 0 bridgehead atoms. The van der Waals surface area contributed by atoms with E-state index in [0.29, 0.717) is 28.2 Å². The minimum absolute atomic E-state index is 0.0726. The summed E-state index contributed by atoms with van der Waals surface area (Å²) in [7, 11) is 0. The zero-order valence-corrected chi connectivity index (χ0v) is 23.3. The number of thiazole rings is 1. The fourth-order valence-electron chi connectivity index (χ4n) is 4.20. The summed E-state index contributed by atoms with van der Waals surface area (Å²) in [4.78, 5) is 43.0. The minimum Gasteiger partial charge on any atom is -0.494 e. The van der Waals surface area contributed by atoms with E-state index in [-0.39, 0.29) is 17.0 Å². The van der Waals surface area contributed by atoms with E-state index in [1.807, 2.05) is 44.2 Å². The van der Waals surface area contributed by atoms with Crippen LogP contribution in [0.15, 0.2) is 83.8 Å². The maximum Gasteiger partial charge on any atom is 0.336 e. The van der Waals surface area contributed by atoms with Crippen molar-refractivity contribution in [1.82, 2.24) is 4.98 Å². The normalized spacial score (nSPS) is 11.8. The summed E-state index contributed by atoms with van der Waals surface area (Å²) < 4.78 is 6.47. The topological polar surface area (TPSA) is 118 Å². The van der Waals surface area contributed by atoms with Crippen LogP contribution >= 0.6 is 23.1 Å². The highest BCUT2D eigenvalue weighted by Crippen LogP contribution is 2.31. The predicted molar refractivity (Wildman–Crippen MR) is 160 cm³/mol. The third kappa shape index (κ3) is 5.93. The lowest BCUT2D eigenvalue weighted by molar-refractivity contribution is -0.115. The number of hydrogen-bond donors (Lipinski definition) is 3. The molecule has 0 saturated heterocycles. The number of thioether (sulfide) groups is 1. The van der Waals surface area contributed by atoms with Gasteiger partial charge in [-0.2, -0.15) is 0 Å². The number of anilines is 2. The molecule has 0 aliphatic rings. The van der Waals surface area contributed by atoms with E-state index >= 15 is 0 Å². The molecule has 2 amide bonds. The van der Waals surface area contributed by atoms with Crippen molar-refractivity contribution in [1.29, 1.82) is 0 Å². The molecular formula is C30H25N3O5S2. The lowest BCUT2D eigenvalue weighted by atomic mass is 9.98. The van der Waals surface area contributed by atoms with Crippen LogP contribution in [0.1, 0.15) is 34.6 Å². The Bertz CT molecular complexity index is 1730. The first-order chi connectivity index (χ1) is 19.3. The summed E-state index contributed by atoms with van der Waals surface area (Å²) in [5.74, 6) is -0.903. The van der Waals surface area contributed by atoms with Gasteiger partial charge in [0.25, 0.3) is 5.91 Å². The largest absolute Gasteiger partial charge is 0.494 e. The molecular weight excluding hydrogens is 546 g/mol. The van der Waals surface area contributed by atoms with Crippen molar-refractivity contribution in [2.45, 2.75) is 24.0 Å². The van der Waals surface area contributed by atoms with Gasteiger partial charge in [-0.25, -0.2) is 9.78 Å². The molecule has 1 atom stereocenters. The summed E-state index contributed by atoms with van der Waals surface area (Å²) >= 11 is 2.78. The Morgan fingerprint density at radius 2 is 1.70 bits per heavy atom. The molecule has 5 rings (SSSR count). The van der Waals surface area contributed by atoms with Gasteiger partial charge in [0, 0.05) is 21.5 Å². The van der Waals surface area contributed by atoms with Crippen LogP contribution in [0, 0.1) is 0 Å². The first-order valence-corrected chi connectivity index (χ1v) is 14.2. The lowest BCUT2D eigenvalue weighted by Crippen LogP contribution is -2.22. The van der Waals surface area contributed by atoms with Crippen molar-refractivity contribution in [3.05, 3.63) is 90.0 Å². The Morgan fingerprint density at radius 3 is 2.40 bits per heavy atom.